The Kier molecular flexibility index (Phi) is 4.16. The molecule has 64 valence electrons. The van der Waals surface area contributed by atoms with E-state index in [1.807, 2.05) is 0 Å². The molecule has 5 N–H and O–H groups in total. The van der Waals surface area contributed by atoms with Crippen LogP contribution in [0.3, 0.4) is 0 Å². The van der Waals surface area contributed by atoms with E-state index in [0.717, 1.165) is 0 Å². The van der Waals surface area contributed by atoms with Gasteiger partial charge >= 0.3 is 11.9 Å². The smallest absolute Gasteiger partial charge is 0.341 e. The molecule has 0 fully saturated rings. The van der Waals surface area contributed by atoms with Crippen LogP contribution in [0.5, 0.6) is 0 Å². The van der Waals surface area contributed by atoms with Crippen LogP contribution in [0.25, 0.3) is 0 Å². The summed E-state index contributed by atoms with van der Waals surface area (Å²) >= 11 is 0. The number of rotatable bonds is 4. The van der Waals surface area contributed by atoms with Gasteiger partial charge in [-0.2, -0.15) is 5.90 Å². The van der Waals surface area contributed by atoms with Gasteiger partial charge in [0.1, 0.15) is 6.04 Å². The zero-order chi connectivity index (χ0) is 8.85. The molecule has 0 rings (SSSR count). The molecule has 11 heavy (non-hydrogen) atoms. The Morgan fingerprint density at radius 1 is 1.55 bits per heavy atom. The standard InChI is InChI=1S/C5H10N2O4/c6-3(5(10)11-7)1-2-4(8)9/h3H,1-2,6-7H2,(H,8,9)/t3-/m0/s1. The third-order valence-electron chi connectivity index (χ3n) is 1.09. The van der Waals surface area contributed by atoms with Gasteiger partial charge in [0.25, 0.3) is 0 Å². The van der Waals surface area contributed by atoms with Crippen molar-refractivity contribution in [2.45, 2.75) is 18.9 Å². The van der Waals surface area contributed by atoms with E-state index in [9.17, 15) is 9.59 Å². The molecule has 0 aromatic carbocycles. The first-order valence-electron chi connectivity index (χ1n) is 2.96. The summed E-state index contributed by atoms with van der Waals surface area (Å²) < 4.78 is 0. The van der Waals surface area contributed by atoms with Crippen LogP contribution < -0.4 is 11.6 Å². The molecule has 0 aliphatic heterocycles. The van der Waals surface area contributed by atoms with E-state index >= 15 is 0 Å². The van der Waals surface area contributed by atoms with E-state index in [4.69, 9.17) is 10.8 Å². The minimum atomic E-state index is -1.01. The average molecular weight is 162 g/mol. The topological polar surface area (TPSA) is 116 Å². The largest absolute Gasteiger partial charge is 0.481 e. The summed E-state index contributed by atoms with van der Waals surface area (Å²) in [4.78, 5) is 24.2. The molecule has 0 radical (unpaired) electrons. The second-order valence-corrected chi connectivity index (χ2v) is 1.98. The first-order valence-corrected chi connectivity index (χ1v) is 2.96. The first-order chi connectivity index (χ1) is 5.07. The van der Waals surface area contributed by atoms with Crippen LogP contribution in [0, 0.1) is 0 Å². The Morgan fingerprint density at radius 3 is 2.45 bits per heavy atom. The summed E-state index contributed by atoms with van der Waals surface area (Å²) in [6.07, 6.45) is -0.137. The Labute approximate surface area is 63.1 Å². The number of carbonyl (C=O) groups is 2. The maximum atomic E-state index is 10.5. The second-order valence-electron chi connectivity index (χ2n) is 1.98. The maximum Gasteiger partial charge on any atom is 0.341 e. The van der Waals surface area contributed by atoms with Crippen molar-refractivity contribution in [1.82, 2.24) is 0 Å². The number of carboxylic acids is 1. The summed E-state index contributed by atoms with van der Waals surface area (Å²) in [6, 6.07) is -0.948. The van der Waals surface area contributed by atoms with E-state index in [1.165, 1.54) is 0 Å². The Morgan fingerprint density at radius 2 is 2.09 bits per heavy atom. The van der Waals surface area contributed by atoms with Crippen molar-refractivity contribution in [3.8, 4) is 0 Å². The average Bonchev–Trinajstić information content (AvgIpc) is 1.98. The van der Waals surface area contributed by atoms with Crippen LogP contribution in [0.1, 0.15) is 12.8 Å². The maximum absolute atomic E-state index is 10.5. The number of hydrogen-bond acceptors (Lipinski definition) is 5. The van der Waals surface area contributed by atoms with Gasteiger partial charge in [0.15, 0.2) is 0 Å². The molecule has 0 bridgehead atoms. The second kappa shape index (κ2) is 4.64. The molecule has 0 unspecified atom stereocenters. The predicted octanol–water partition coefficient (Wildman–Crippen LogP) is -1.40. The molecule has 0 aromatic rings. The highest BCUT2D eigenvalue weighted by atomic mass is 16.7. The summed E-state index contributed by atoms with van der Waals surface area (Å²) in [7, 11) is 0. The Balaban J connectivity index is 3.60. The molecule has 0 heterocycles. The first kappa shape index (κ1) is 9.86. The fraction of sp³-hybridized carbons (Fsp3) is 0.600. The van der Waals surface area contributed by atoms with Gasteiger partial charge in [-0.05, 0) is 6.42 Å². The molecule has 0 aliphatic rings. The SMILES string of the molecule is NOC(=O)[C@@H](N)CCC(=O)O. The van der Waals surface area contributed by atoms with Crippen LogP contribution in [0.4, 0.5) is 0 Å². The minimum Gasteiger partial charge on any atom is -0.481 e. The number of carbonyl (C=O) groups excluding carboxylic acids is 1. The van der Waals surface area contributed by atoms with Crippen molar-refractivity contribution < 1.29 is 19.5 Å². The van der Waals surface area contributed by atoms with Gasteiger partial charge < -0.3 is 15.7 Å². The van der Waals surface area contributed by atoms with E-state index in [0.29, 0.717) is 0 Å². The van der Waals surface area contributed by atoms with Crippen molar-refractivity contribution in [3.63, 3.8) is 0 Å². The number of carboxylic acid groups (broad SMARTS) is 1. The van der Waals surface area contributed by atoms with Gasteiger partial charge in [-0.3, -0.25) is 4.79 Å². The monoisotopic (exact) mass is 162 g/mol. The quantitative estimate of drug-likeness (QED) is 0.437. The number of hydrogen-bond donors (Lipinski definition) is 3. The molecular weight excluding hydrogens is 152 g/mol. The molecule has 0 aliphatic carbocycles. The third kappa shape index (κ3) is 4.29. The lowest BCUT2D eigenvalue weighted by Gasteiger charge is -2.04. The van der Waals surface area contributed by atoms with Gasteiger partial charge in [0.2, 0.25) is 0 Å². The lowest BCUT2D eigenvalue weighted by Crippen LogP contribution is -2.34. The van der Waals surface area contributed by atoms with Crippen LogP contribution in [-0.4, -0.2) is 23.1 Å². The summed E-state index contributed by atoms with van der Waals surface area (Å²) in [5, 5.41) is 8.18. The van der Waals surface area contributed by atoms with Crippen molar-refractivity contribution in [1.29, 1.82) is 0 Å². The number of nitrogens with two attached hydrogens (primary N) is 2. The fourth-order valence-corrected chi connectivity index (χ4v) is 0.484. The van der Waals surface area contributed by atoms with Gasteiger partial charge in [-0.15, -0.1) is 0 Å². The molecule has 0 amide bonds. The van der Waals surface area contributed by atoms with E-state index in [-0.39, 0.29) is 12.8 Å². The predicted molar refractivity (Wildman–Crippen MR) is 35.1 cm³/mol. The molecule has 0 saturated carbocycles. The third-order valence-corrected chi connectivity index (χ3v) is 1.09. The summed E-state index contributed by atoms with van der Waals surface area (Å²) in [5.74, 6) is 2.69. The van der Waals surface area contributed by atoms with Crippen LogP contribution in [-0.2, 0) is 14.4 Å². The molecule has 0 saturated heterocycles. The highest BCUT2D eigenvalue weighted by molar-refractivity contribution is 5.76. The zero-order valence-corrected chi connectivity index (χ0v) is 5.82. The summed E-state index contributed by atoms with van der Waals surface area (Å²) in [6.45, 7) is 0. The molecule has 6 heteroatoms. The van der Waals surface area contributed by atoms with Crippen LogP contribution in [0.15, 0.2) is 0 Å². The molecule has 6 nitrogen and oxygen atoms in total. The van der Waals surface area contributed by atoms with Crippen molar-refractivity contribution >= 4 is 11.9 Å². The normalized spacial score (nSPS) is 12.2. The molecule has 0 spiro atoms. The lowest BCUT2D eigenvalue weighted by atomic mass is 10.2. The van der Waals surface area contributed by atoms with Gasteiger partial charge in [-0.1, -0.05) is 0 Å². The van der Waals surface area contributed by atoms with E-state index in [1.54, 1.807) is 0 Å². The van der Waals surface area contributed by atoms with Crippen molar-refractivity contribution in [2.24, 2.45) is 11.6 Å². The van der Waals surface area contributed by atoms with Crippen molar-refractivity contribution in [3.05, 3.63) is 0 Å². The Bertz CT molecular complexity index is 159. The van der Waals surface area contributed by atoms with Gasteiger partial charge in [-0.25, -0.2) is 4.79 Å². The lowest BCUT2D eigenvalue weighted by molar-refractivity contribution is -0.146. The van der Waals surface area contributed by atoms with E-state index < -0.39 is 18.0 Å². The van der Waals surface area contributed by atoms with E-state index in [2.05, 4.69) is 10.7 Å². The fourth-order valence-electron chi connectivity index (χ4n) is 0.484. The molecular formula is C5H10N2O4. The van der Waals surface area contributed by atoms with Crippen LogP contribution in [0.2, 0.25) is 0 Å². The van der Waals surface area contributed by atoms with Crippen LogP contribution >= 0.6 is 0 Å². The summed E-state index contributed by atoms with van der Waals surface area (Å²) in [5.41, 5.74) is 5.16. The zero-order valence-electron chi connectivity index (χ0n) is 5.82. The molecule has 0 aromatic heterocycles. The molecule has 1 atom stereocenters. The van der Waals surface area contributed by atoms with Crippen molar-refractivity contribution in [2.75, 3.05) is 0 Å². The highest BCUT2D eigenvalue weighted by Gasteiger charge is 2.14. The Hall–Kier alpha value is -1.14. The van der Waals surface area contributed by atoms with Gasteiger partial charge in [0, 0.05) is 6.42 Å². The number of aliphatic carboxylic acids is 1. The van der Waals surface area contributed by atoms with Gasteiger partial charge in [0.05, 0.1) is 0 Å². The highest BCUT2D eigenvalue weighted by Crippen LogP contribution is 1.95. The minimum absolute atomic E-state index is 0.0331.